The van der Waals surface area contributed by atoms with Gasteiger partial charge in [0, 0.05) is 34.6 Å². The average molecular weight is 295 g/mol. The lowest BCUT2D eigenvalue weighted by atomic mass is 10.2. The Labute approximate surface area is 121 Å². The standard InChI is InChI=1S/C14H15ClN2OS/c1-9-3-4-11(7-12(9)15)17-13(18)5-6-14-16-10(2)8-19-14/h3-4,7-8H,5-6H2,1-2H3,(H,17,18). The number of thiazole rings is 1. The fraction of sp³-hybridized carbons (Fsp3) is 0.286. The number of carbonyl (C=O) groups excluding carboxylic acids is 1. The lowest BCUT2D eigenvalue weighted by Gasteiger charge is -2.06. The number of anilines is 1. The van der Waals surface area contributed by atoms with Crippen molar-refractivity contribution in [1.29, 1.82) is 0 Å². The predicted octanol–water partition coefficient (Wildman–Crippen LogP) is 3.98. The van der Waals surface area contributed by atoms with Crippen LogP contribution in [0.3, 0.4) is 0 Å². The number of benzene rings is 1. The molecule has 0 aliphatic rings. The summed E-state index contributed by atoms with van der Waals surface area (Å²) in [6.45, 7) is 3.88. The van der Waals surface area contributed by atoms with Gasteiger partial charge in [-0.05, 0) is 31.5 Å². The highest BCUT2D eigenvalue weighted by Crippen LogP contribution is 2.20. The van der Waals surface area contributed by atoms with E-state index in [1.165, 1.54) is 0 Å². The van der Waals surface area contributed by atoms with Crippen molar-refractivity contribution < 1.29 is 4.79 Å². The largest absolute Gasteiger partial charge is 0.326 e. The highest BCUT2D eigenvalue weighted by atomic mass is 35.5. The first kappa shape index (κ1) is 14.0. The van der Waals surface area contributed by atoms with E-state index in [1.807, 2.05) is 31.4 Å². The van der Waals surface area contributed by atoms with E-state index in [-0.39, 0.29) is 5.91 Å². The lowest BCUT2D eigenvalue weighted by Crippen LogP contribution is -2.12. The third-order valence-corrected chi connectivity index (χ3v) is 4.12. The summed E-state index contributed by atoms with van der Waals surface area (Å²) < 4.78 is 0. The van der Waals surface area contributed by atoms with Gasteiger partial charge in [0.25, 0.3) is 0 Å². The first-order chi connectivity index (χ1) is 9.04. The predicted molar refractivity (Wildman–Crippen MR) is 80.0 cm³/mol. The van der Waals surface area contributed by atoms with E-state index in [2.05, 4.69) is 10.3 Å². The van der Waals surface area contributed by atoms with Crippen molar-refractivity contribution in [3.63, 3.8) is 0 Å². The average Bonchev–Trinajstić information content (AvgIpc) is 2.77. The molecule has 5 heteroatoms. The van der Waals surface area contributed by atoms with Gasteiger partial charge in [0.05, 0.1) is 5.01 Å². The number of rotatable bonds is 4. The van der Waals surface area contributed by atoms with Crippen LogP contribution in [0.1, 0.15) is 22.7 Å². The topological polar surface area (TPSA) is 42.0 Å². The van der Waals surface area contributed by atoms with E-state index in [4.69, 9.17) is 11.6 Å². The van der Waals surface area contributed by atoms with E-state index >= 15 is 0 Å². The molecule has 0 radical (unpaired) electrons. The van der Waals surface area contributed by atoms with E-state index in [1.54, 1.807) is 17.4 Å². The number of hydrogen-bond acceptors (Lipinski definition) is 3. The van der Waals surface area contributed by atoms with E-state index < -0.39 is 0 Å². The summed E-state index contributed by atoms with van der Waals surface area (Å²) in [5.74, 6) is -0.0206. The van der Waals surface area contributed by atoms with Crippen LogP contribution in [-0.4, -0.2) is 10.9 Å². The zero-order chi connectivity index (χ0) is 13.8. The lowest BCUT2D eigenvalue weighted by molar-refractivity contribution is -0.116. The van der Waals surface area contributed by atoms with Crippen LogP contribution in [0.5, 0.6) is 0 Å². The molecule has 1 aromatic carbocycles. The van der Waals surface area contributed by atoms with E-state index in [0.29, 0.717) is 17.9 Å². The van der Waals surface area contributed by atoms with Gasteiger partial charge >= 0.3 is 0 Å². The summed E-state index contributed by atoms with van der Waals surface area (Å²) in [4.78, 5) is 16.1. The molecular weight excluding hydrogens is 280 g/mol. The van der Waals surface area contributed by atoms with Crippen molar-refractivity contribution >= 4 is 34.5 Å². The highest BCUT2D eigenvalue weighted by Gasteiger charge is 2.06. The third-order valence-electron chi connectivity index (χ3n) is 2.69. The van der Waals surface area contributed by atoms with Crippen molar-refractivity contribution in [2.45, 2.75) is 26.7 Å². The number of halogens is 1. The molecule has 0 spiro atoms. The summed E-state index contributed by atoms with van der Waals surface area (Å²) in [5, 5.41) is 6.49. The molecule has 0 atom stereocenters. The smallest absolute Gasteiger partial charge is 0.224 e. The Morgan fingerprint density at radius 3 is 2.84 bits per heavy atom. The molecule has 2 rings (SSSR count). The molecule has 3 nitrogen and oxygen atoms in total. The SMILES string of the molecule is Cc1csc(CCC(=O)Nc2ccc(C)c(Cl)c2)n1. The summed E-state index contributed by atoms with van der Waals surface area (Å²) in [6, 6.07) is 5.51. The van der Waals surface area contributed by atoms with Crippen LogP contribution in [0.15, 0.2) is 23.6 Å². The second-order valence-corrected chi connectivity index (χ2v) is 5.74. The third kappa shape index (κ3) is 4.04. The molecule has 19 heavy (non-hydrogen) atoms. The first-order valence-electron chi connectivity index (χ1n) is 6.01. The Bertz CT molecular complexity index is 595. The summed E-state index contributed by atoms with van der Waals surface area (Å²) in [6.07, 6.45) is 1.10. The number of carbonyl (C=O) groups is 1. The van der Waals surface area contributed by atoms with Gasteiger partial charge in [-0.2, -0.15) is 0 Å². The number of hydrogen-bond donors (Lipinski definition) is 1. The maximum atomic E-state index is 11.8. The molecule has 100 valence electrons. The van der Waals surface area contributed by atoms with Crippen molar-refractivity contribution in [2.75, 3.05) is 5.32 Å². The van der Waals surface area contributed by atoms with Gasteiger partial charge in [0.1, 0.15) is 0 Å². The van der Waals surface area contributed by atoms with Gasteiger partial charge in [0.2, 0.25) is 5.91 Å². The van der Waals surface area contributed by atoms with Gasteiger partial charge < -0.3 is 5.32 Å². The molecule has 0 bridgehead atoms. The molecule has 2 aromatic rings. The monoisotopic (exact) mass is 294 g/mol. The van der Waals surface area contributed by atoms with Crippen LogP contribution in [0, 0.1) is 13.8 Å². The number of aryl methyl sites for hydroxylation is 3. The van der Waals surface area contributed by atoms with Gasteiger partial charge in [-0.1, -0.05) is 17.7 Å². The molecule has 0 fully saturated rings. The van der Waals surface area contributed by atoms with Crippen LogP contribution in [0.2, 0.25) is 5.02 Å². The van der Waals surface area contributed by atoms with Crippen LogP contribution in [0.4, 0.5) is 5.69 Å². The molecule has 1 N–H and O–H groups in total. The second kappa shape index (κ2) is 6.17. The van der Waals surface area contributed by atoms with Gasteiger partial charge in [-0.25, -0.2) is 4.98 Å². The molecule has 0 aliphatic heterocycles. The Morgan fingerprint density at radius 2 is 2.21 bits per heavy atom. The summed E-state index contributed by atoms with van der Waals surface area (Å²) in [5.41, 5.74) is 2.74. The zero-order valence-corrected chi connectivity index (χ0v) is 12.4. The maximum absolute atomic E-state index is 11.8. The van der Waals surface area contributed by atoms with Crippen LogP contribution in [0.25, 0.3) is 0 Å². The minimum Gasteiger partial charge on any atom is -0.326 e. The Kier molecular flexibility index (Phi) is 4.56. The quantitative estimate of drug-likeness (QED) is 0.926. The van der Waals surface area contributed by atoms with Gasteiger partial charge in [0.15, 0.2) is 0 Å². The normalized spacial score (nSPS) is 10.5. The fourth-order valence-corrected chi connectivity index (χ4v) is 2.59. The van der Waals surface area contributed by atoms with Crippen molar-refractivity contribution in [3.8, 4) is 0 Å². The molecule has 0 saturated heterocycles. The molecule has 1 aromatic heterocycles. The number of aromatic nitrogens is 1. The molecule has 1 amide bonds. The van der Waals surface area contributed by atoms with Crippen LogP contribution in [-0.2, 0) is 11.2 Å². The van der Waals surface area contributed by atoms with Gasteiger partial charge in [-0.3, -0.25) is 4.79 Å². The molecule has 0 saturated carbocycles. The Balaban J connectivity index is 1.88. The minimum absolute atomic E-state index is 0.0206. The second-order valence-electron chi connectivity index (χ2n) is 4.39. The molecule has 1 heterocycles. The highest BCUT2D eigenvalue weighted by molar-refractivity contribution is 7.09. The van der Waals surface area contributed by atoms with Crippen molar-refractivity contribution in [1.82, 2.24) is 4.98 Å². The Hall–Kier alpha value is -1.39. The van der Waals surface area contributed by atoms with E-state index in [0.717, 1.165) is 22.0 Å². The van der Waals surface area contributed by atoms with Crippen molar-refractivity contribution in [3.05, 3.63) is 44.9 Å². The molecular formula is C14H15ClN2OS. The number of nitrogens with zero attached hydrogens (tertiary/aromatic N) is 1. The molecule has 0 unspecified atom stereocenters. The van der Waals surface area contributed by atoms with E-state index in [9.17, 15) is 4.79 Å². The van der Waals surface area contributed by atoms with Crippen LogP contribution < -0.4 is 5.32 Å². The van der Waals surface area contributed by atoms with Gasteiger partial charge in [-0.15, -0.1) is 11.3 Å². The first-order valence-corrected chi connectivity index (χ1v) is 7.27. The maximum Gasteiger partial charge on any atom is 0.224 e. The summed E-state index contributed by atoms with van der Waals surface area (Å²) in [7, 11) is 0. The number of amides is 1. The minimum atomic E-state index is -0.0206. The van der Waals surface area contributed by atoms with Crippen LogP contribution >= 0.6 is 22.9 Å². The molecule has 0 aliphatic carbocycles. The zero-order valence-electron chi connectivity index (χ0n) is 10.9. The fourth-order valence-electron chi connectivity index (χ4n) is 1.63. The summed E-state index contributed by atoms with van der Waals surface area (Å²) >= 11 is 7.60. The number of nitrogens with one attached hydrogen (secondary N) is 1. The van der Waals surface area contributed by atoms with Crippen molar-refractivity contribution in [2.24, 2.45) is 0 Å². The Morgan fingerprint density at radius 1 is 1.42 bits per heavy atom.